The van der Waals surface area contributed by atoms with Gasteiger partial charge < -0.3 is 10.1 Å². The first-order valence-corrected chi connectivity index (χ1v) is 11.8. The third-order valence-corrected chi connectivity index (χ3v) is 6.38. The number of ether oxygens (including phenoxy) is 1. The van der Waals surface area contributed by atoms with Crippen LogP contribution in [0.25, 0.3) is 10.9 Å². The summed E-state index contributed by atoms with van der Waals surface area (Å²) in [6.45, 7) is 2.06. The summed E-state index contributed by atoms with van der Waals surface area (Å²) < 4.78 is 6.98. The molecule has 0 unspecified atom stereocenters. The minimum absolute atomic E-state index is 0.0635. The van der Waals surface area contributed by atoms with Crippen molar-refractivity contribution in [1.82, 2.24) is 20.2 Å². The Bertz CT molecular complexity index is 1120. The number of urea groups is 1. The van der Waals surface area contributed by atoms with Crippen LogP contribution in [0, 0.1) is 0 Å². The predicted molar refractivity (Wildman–Crippen MR) is 122 cm³/mol. The van der Waals surface area contributed by atoms with E-state index in [9.17, 15) is 19.2 Å². The van der Waals surface area contributed by atoms with Gasteiger partial charge >= 0.3 is 12.0 Å². The van der Waals surface area contributed by atoms with Crippen LogP contribution in [0.15, 0.2) is 23.0 Å². The Morgan fingerprint density at radius 1 is 1.09 bits per heavy atom. The van der Waals surface area contributed by atoms with Crippen LogP contribution in [-0.4, -0.2) is 39.6 Å². The van der Waals surface area contributed by atoms with Gasteiger partial charge in [-0.15, -0.1) is 0 Å². The van der Waals surface area contributed by atoms with Gasteiger partial charge in [0.15, 0.2) is 6.10 Å². The quantitative estimate of drug-likeness (QED) is 0.686. The molecular formula is C24H30N4O5. The van der Waals surface area contributed by atoms with E-state index in [1.54, 1.807) is 10.6 Å². The van der Waals surface area contributed by atoms with Gasteiger partial charge in [-0.25, -0.2) is 14.6 Å². The van der Waals surface area contributed by atoms with Gasteiger partial charge in [-0.2, -0.15) is 0 Å². The van der Waals surface area contributed by atoms with Gasteiger partial charge in [0.25, 0.3) is 11.5 Å². The van der Waals surface area contributed by atoms with Crippen molar-refractivity contribution in [3.05, 3.63) is 39.9 Å². The smallest absolute Gasteiger partial charge is 0.338 e. The molecule has 1 aromatic heterocycles. The Morgan fingerprint density at radius 2 is 1.85 bits per heavy atom. The van der Waals surface area contributed by atoms with Crippen LogP contribution in [0.1, 0.15) is 74.5 Å². The SMILES string of the molecule is C[C@@H](OC(=O)c1ccc2c(=O)n3c(nc2c1)CCCCC3)C(=O)NC(=O)NC1CCCCC1. The van der Waals surface area contributed by atoms with Crippen molar-refractivity contribution in [3.63, 3.8) is 0 Å². The number of esters is 1. The molecule has 1 aliphatic heterocycles. The number of fused-ring (bicyclic) bond motifs is 2. The zero-order valence-electron chi connectivity index (χ0n) is 18.9. The Labute approximate surface area is 191 Å². The van der Waals surface area contributed by atoms with Crippen LogP contribution in [0.4, 0.5) is 4.79 Å². The minimum Gasteiger partial charge on any atom is -0.449 e. The second-order valence-electron chi connectivity index (χ2n) is 8.87. The lowest BCUT2D eigenvalue weighted by Gasteiger charge is -2.23. The van der Waals surface area contributed by atoms with Gasteiger partial charge in [0, 0.05) is 19.0 Å². The third kappa shape index (κ3) is 5.40. The molecule has 2 aromatic rings. The number of carbonyl (C=O) groups is 3. The van der Waals surface area contributed by atoms with Crippen molar-refractivity contribution in [2.45, 2.75) is 83.4 Å². The summed E-state index contributed by atoms with van der Waals surface area (Å²) in [7, 11) is 0. The van der Waals surface area contributed by atoms with E-state index in [1.165, 1.54) is 19.1 Å². The highest BCUT2D eigenvalue weighted by Crippen LogP contribution is 2.18. The molecule has 2 N–H and O–H groups in total. The molecule has 3 amide bonds. The Kier molecular flexibility index (Phi) is 7.05. The molecule has 2 aliphatic rings. The summed E-state index contributed by atoms with van der Waals surface area (Å²) in [6, 6.07) is 4.07. The predicted octanol–water partition coefficient (Wildman–Crippen LogP) is 2.83. The van der Waals surface area contributed by atoms with Crippen molar-refractivity contribution in [2.75, 3.05) is 0 Å². The van der Waals surface area contributed by atoms with E-state index < -0.39 is 24.0 Å². The first kappa shape index (κ1) is 22.9. The highest BCUT2D eigenvalue weighted by molar-refractivity contribution is 5.99. The molecule has 4 rings (SSSR count). The topological polar surface area (TPSA) is 119 Å². The standard InChI is InChI=1S/C24H30N4O5/c1-15(21(29)27-24(32)25-17-8-4-2-5-9-17)33-23(31)16-11-12-18-19(14-16)26-20-10-6-3-7-13-28(20)22(18)30/h11-12,14-15,17H,2-10,13H2,1H3,(H2,25,27,29,32)/t15-/m1/s1. The van der Waals surface area contributed by atoms with E-state index in [2.05, 4.69) is 15.6 Å². The Balaban J connectivity index is 1.40. The average molecular weight is 455 g/mol. The van der Waals surface area contributed by atoms with Crippen LogP contribution >= 0.6 is 0 Å². The van der Waals surface area contributed by atoms with Crippen LogP contribution in [0.2, 0.25) is 0 Å². The number of aromatic nitrogens is 2. The molecular weight excluding hydrogens is 424 g/mol. The lowest BCUT2D eigenvalue weighted by atomic mass is 9.96. The third-order valence-electron chi connectivity index (χ3n) is 6.38. The largest absolute Gasteiger partial charge is 0.449 e. The summed E-state index contributed by atoms with van der Waals surface area (Å²) in [5.74, 6) is -0.685. The minimum atomic E-state index is -1.16. The lowest BCUT2D eigenvalue weighted by molar-refractivity contribution is -0.127. The van der Waals surface area contributed by atoms with E-state index in [1.807, 2.05) is 0 Å². The van der Waals surface area contributed by atoms with Crippen molar-refractivity contribution < 1.29 is 19.1 Å². The van der Waals surface area contributed by atoms with E-state index in [-0.39, 0.29) is 17.2 Å². The molecule has 0 saturated heterocycles. The zero-order valence-corrected chi connectivity index (χ0v) is 18.9. The maximum Gasteiger partial charge on any atom is 0.338 e. The van der Waals surface area contributed by atoms with E-state index in [0.29, 0.717) is 17.4 Å². The molecule has 1 atom stereocenters. The second-order valence-corrected chi connectivity index (χ2v) is 8.87. The molecule has 1 aromatic carbocycles. The number of aryl methyl sites for hydroxylation is 1. The Morgan fingerprint density at radius 3 is 2.64 bits per heavy atom. The first-order chi connectivity index (χ1) is 15.9. The number of hydrogen-bond donors (Lipinski definition) is 2. The fourth-order valence-electron chi connectivity index (χ4n) is 4.51. The average Bonchev–Trinajstić information content (AvgIpc) is 3.05. The molecule has 1 aliphatic carbocycles. The first-order valence-electron chi connectivity index (χ1n) is 11.8. The summed E-state index contributed by atoms with van der Waals surface area (Å²) in [5.41, 5.74) is 0.527. The monoisotopic (exact) mass is 454 g/mol. The summed E-state index contributed by atoms with van der Waals surface area (Å²) in [5, 5.41) is 5.48. The number of carbonyl (C=O) groups excluding carboxylic acids is 3. The molecule has 1 saturated carbocycles. The number of benzene rings is 1. The zero-order chi connectivity index (χ0) is 23.4. The van der Waals surface area contributed by atoms with Gasteiger partial charge in [0.2, 0.25) is 0 Å². The van der Waals surface area contributed by atoms with Crippen LogP contribution in [0.5, 0.6) is 0 Å². The molecule has 33 heavy (non-hydrogen) atoms. The maximum absolute atomic E-state index is 12.8. The fourth-order valence-corrected chi connectivity index (χ4v) is 4.51. The number of amides is 3. The van der Waals surface area contributed by atoms with Crippen molar-refractivity contribution >= 4 is 28.8 Å². The highest BCUT2D eigenvalue weighted by Gasteiger charge is 2.23. The van der Waals surface area contributed by atoms with Crippen LogP contribution in [0.3, 0.4) is 0 Å². The van der Waals surface area contributed by atoms with Gasteiger partial charge in [0.05, 0.1) is 16.5 Å². The van der Waals surface area contributed by atoms with Gasteiger partial charge in [-0.1, -0.05) is 25.7 Å². The lowest BCUT2D eigenvalue weighted by Crippen LogP contribution is -2.48. The summed E-state index contributed by atoms with van der Waals surface area (Å²) in [6.07, 6.45) is 7.61. The molecule has 2 heterocycles. The molecule has 1 fully saturated rings. The number of rotatable bonds is 4. The van der Waals surface area contributed by atoms with Gasteiger partial charge in [-0.05, 0) is 50.8 Å². The highest BCUT2D eigenvalue weighted by atomic mass is 16.5. The summed E-state index contributed by atoms with van der Waals surface area (Å²) >= 11 is 0. The van der Waals surface area contributed by atoms with Crippen molar-refractivity contribution in [1.29, 1.82) is 0 Å². The molecule has 9 nitrogen and oxygen atoms in total. The van der Waals surface area contributed by atoms with Crippen molar-refractivity contribution in [3.8, 4) is 0 Å². The molecule has 0 radical (unpaired) electrons. The maximum atomic E-state index is 12.8. The van der Waals surface area contributed by atoms with Gasteiger partial charge in [-0.3, -0.25) is 19.5 Å². The van der Waals surface area contributed by atoms with Crippen LogP contribution < -0.4 is 16.2 Å². The number of hydrogen-bond acceptors (Lipinski definition) is 6. The number of nitrogens with one attached hydrogen (secondary N) is 2. The molecule has 9 heteroatoms. The molecule has 176 valence electrons. The number of imide groups is 1. The fraction of sp³-hybridized carbons (Fsp3) is 0.542. The molecule has 0 spiro atoms. The Hall–Kier alpha value is -3.23. The second kappa shape index (κ2) is 10.1. The summed E-state index contributed by atoms with van der Waals surface area (Å²) in [4.78, 5) is 54.5. The van der Waals surface area contributed by atoms with Crippen LogP contribution in [-0.2, 0) is 22.5 Å². The molecule has 0 bridgehead atoms. The van der Waals surface area contributed by atoms with E-state index in [0.717, 1.165) is 63.6 Å². The van der Waals surface area contributed by atoms with Gasteiger partial charge in [0.1, 0.15) is 5.82 Å². The van der Waals surface area contributed by atoms with E-state index >= 15 is 0 Å². The normalized spacial score (nSPS) is 17.5. The van der Waals surface area contributed by atoms with E-state index in [4.69, 9.17) is 4.74 Å². The number of nitrogens with zero attached hydrogens (tertiary/aromatic N) is 2. The van der Waals surface area contributed by atoms with Crippen molar-refractivity contribution in [2.24, 2.45) is 0 Å².